The Hall–Kier alpha value is -5.46. The summed E-state index contributed by atoms with van der Waals surface area (Å²) in [5.74, 6) is -0.370. The zero-order valence-electron chi connectivity index (χ0n) is 31.8. The third kappa shape index (κ3) is 12.0. The summed E-state index contributed by atoms with van der Waals surface area (Å²) < 4.78 is 13.1. The fourth-order valence-electron chi connectivity index (χ4n) is 6.71. The number of nitrogens with two attached hydrogens (primary N) is 1. The highest BCUT2D eigenvalue weighted by Gasteiger charge is 2.32. The highest BCUT2D eigenvalue weighted by atomic mass is 32.2. The molecule has 3 atom stereocenters. The van der Waals surface area contributed by atoms with Crippen LogP contribution in [0.2, 0.25) is 0 Å². The number of carboxylic acids is 1. The number of aliphatic hydroxyl groups excluding tert-OH is 1. The molecule has 6 N–H and O–H groups in total. The summed E-state index contributed by atoms with van der Waals surface area (Å²) in [5.41, 5.74) is 13.1. The number of aliphatic hydroxyl groups is 1. The summed E-state index contributed by atoms with van der Waals surface area (Å²) in [6.45, 7) is 0.375. The molecule has 10 nitrogen and oxygen atoms in total. The van der Waals surface area contributed by atoms with Crippen LogP contribution in [-0.4, -0.2) is 39.9 Å². The molecule has 296 valence electrons. The zero-order valence-corrected chi connectivity index (χ0v) is 32.6. The molecule has 0 aliphatic carbocycles. The van der Waals surface area contributed by atoms with Gasteiger partial charge in [0.25, 0.3) is 0 Å². The number of amides is 2. The Morgan fingerprint density at radius 1 is 0.737 bits per heavy atom. The molecule has 1 fully saturated rings. The van der Waals surface area contributed by atoms with Gasteiger partial charge in [-0.3, -0.25) is 9.59 Å². The van der Waals surface area contributed by atoms with E-state index in [-0.39, 0.29) is 36.2 Å². The number of aromatic carboxylic acids is 1. The molecule has 1 aliphatic heterocycles. The van der Waals surface area contributed by atoms with Gasteiger partial charge in [-0.2, -0.15) is 0 Å². The van der Waals surface area contributed by atoms with Crippen molar-refractivity contribution < 1.29 is 34.1 Å². The van der Waals surface area contributed by atoms with Gasteiger partial charge >= 0.3 is 5.97 Å². The van der Waals surface area contributed by atoms with E-state index in [1.807, 2.05) is 91.0 Å². The van der Waals surface area contributed by atoms with Crippen molar-refractivity contribution in [2.24, 2.45) is 0 Å². The van der Waals surface area contributed by atoms with Crippen LogP contribution in [0.1, 0.15) is 90.0 Å². The van der Waals surface area contributed by atoms with Crippen LogP contribution in [0, 0.1) is 0 Å². The van der Waals surface area contributed by atoms with Crippen molar-refractivity contribution in [2.45, 2.75) is 81.5 Å². The van der Waals surface area contributed by atoms with Crippen LogP contribution in [0.15, 0.2) is 126 Å². The molecule has 6 rings (SSSR count). The number of thioether (sulfide) groups is 1. The van der Waals surface area contributed by atoms with E-state index in [1.165, 1.54) is 0 Å². The second kappa shape index (κ2) is 20.6. The molecule has 5 aromatic carbocycles. The number of carbonyl (C=O) groups is 3. The van der Waals surface area contributed by atoms with E-state index in [1.54, 1.807) is 36.0 Å². The van der Waals surface area contributed by atoms with Crippen LogP contribution in [0.4, 0.5) is 11.4 Å². The maximum absolute atomic E-state index is 12.8. The Morgan fingerprint density at radius 2 is 1.40 bits per heavy atom. The van der Waals surface area contributed by atoms with Crippen molar-refractivity contribution >= 4 is 40.9 Å². The summed E-state index contributed by atoms with van der Waals surface area (Å²) in [6.07, 6.45) is 3.71. The first-order chi connectivity index (χ1) is 27.7. The minimum Gasteiger partial charge on any atom is -0.478 e. The molecule has 2 amide bonds. The molecule has 0 spiro atoms. The normalized spacial score (nSPS) is 16.5. The van der Waals surface area contributed by atoms with Crippen LogP contribution in [0.3, 0.4) is 0 Å². The van der Waals surface area contributed by atoms with Crippen LogP contribution in [0.25, 0.3) is 11.1 Å². The molecule has 0 radical (unpaired) electrons. The predicted octanol–water partition coefficient (Wildman–Crippen LogP) is 9.06. The monoisotopic (exact) mass is 787 g/mol. The molecule has 11 heteroatoms. The highest BCUT2D eigenvalue weighted by molar-refractivity contribution is 7.99. The van der Waals surface area contributed by atoms with Crippen molar-refractivity contribution in [1.82, 2.24) is 5.32 Å². The fraction of sp³-hybridized carbons (Fsp3) is 0.283. The van der Waals surface area contributed by atoms with E-state index in [4.69, 9.17) is 15.2 Å². The summed E-state index contributed by atoms with van der Waals surface area (Å²) >= 11 is 1.61. The lowest BCUT2D eigenvalue weighted by atomic mass is 9.97. The number of ether oxygens (including phenoxy) is 2. The smallest absolute Gasteiger partial charge is 0.335 e. The van der Waals surface area contributed by atoms with Gasteiger partial charge in [-0.15, -0.1) is 11.8 Å². The van der Waals surface area contributed by atoms with Crippen molar-refractivity contribution in [3.8, 4) is 11.1 Å². The van der Waals surface area contributed by atoms with Gasteiger partial charge in [0.2, 0.25) is 11.8 Å². The second-order valence-electron chi connectivity index (χ2n) is 14.1. The number of para-hydroxylation sites is 2. The van der Waals surface area contributed by atoms with E-state index < -0.39 is 12.3 Å². The van der Waals surface area contributed by atoms with Crippen molar-refractivity contribution in [3.05, 3.63) is 149 Å². The van der Waals surface area contributed by atoms with Gasteiger partial charge in [-0.25, -0.2) is 4.79 Å². The molecule has 0 unspecified atom stereocenters. The van der Waals surface area contributed by atoms with Gasteiger partial charge in [-0.1, -0.05) is 97.8 Å². The number of anilines is 2. The van der Waals surface area contributed by atoms with Crippen LogP contribution >= 0.6 is 11.8 Å². The lowest BCUT2D eigenvalue weighted by molar-refractivity contribution is -0.245. The quantitative estimate of drug-likeness (QED) is 0.0332. The highest BCUT2D eigenvalue weighted by Crippen LogP contribution is 2.40. The zero-order chi connectivity index (χ0) is 40.0. The van der Waals surface area contributed by atoms with Gasteiger partial charge in [0.1, 0.15) is 0 Å². The SMILES string of the molecule is Nc1ccccc1NC(=O)CCCCCCC(=O)NCc1ccccc1-c1ccc([C@H]2O[C@@H](CSc3ccc(C(=O)O)cc3)C[C@@H](c3ccc(CO)cc3)O2)cc1. The molecule has 1 aliphatic rings. The molecular formula is C46H49N3O7S. The van der Waals surface area contributed by atoms with E-state index in [0.717, 1.165) is 64.0 Å². The van der Waals surface area contributed by atoms with Gasteiger partial charge in [-0.05, 0) is 77.1 Å². The van der Waals surface area contributed by atoms with E-state index in [2.05, 4.69) is 16.7 Å². The number of benzene rings is 5. The lowest BCUT2D eigenvalue weighted by Gasteiger charge is -2.36. The van der Waals surface area contributed by atoms with Crippen LogP contribution in [0.5, 0.6) is 0 Å². The van der Waals surface area contributed by atoms with Crippen LogP contribution in [-0.2, 0) is 32.2 Å². The Bertz CT molecular complexity index is 2090. The number of nitrogens with one attached hydrogen (secondary N) is 2. The fourth-order valence-corrected chi connectivity index (χ4v) is 7.63. The Labute approximate surface area is 337 Å². The molecule has 1 saturated heterocycles. The summed E-state index contributed by atoms with van der Waals surface area (Å²) in [7, 11) is 0. The third-order valence-corrected chi connectivity index (χ3v) is 11.1. The molecule has 0 aromatic heterocycles. The number of carbonyl (C=O) groups excluding carboxylic acids is 2. The minimum absolute atomic E-state index is 0.00501. The summed E-state index contributed by atoms with van der Waals surface area (Å²) in [4.78, 5) is 37.3. The second-order valence-corrected chi connectivity index (χ2v) is 15.2. The number of hydrogen-bond acceptors (Lipinski definition) is 8. The number of nitrogen functional groups attached to an aromatic ring is 1. The first-order valence-corrected chi connectivity index (χ1v) is 20.3. The molecule has 5 aromatic rings. The number of hydrogen-bond donors (Lipinski definition) is 5. The number of unbranched alkanes of at least 4 members (excludes halogenated alkanes) is 3. The van der Waals surface area contributed by atoms with Crippen LogP contribution < -0.4 is 16.4 Å². The van der Waals surface area contributed by atoms with Gasteiger partial charge in [0.05, 0.1) is 35.8 Å². The van der Waals surface area contributed by atoms with Crippen molar-refractivity contribution in [2.75, 3.05) is 16.8 Å². The van der Waals surface area contributed by atoms with E-state index >= 15 is 0 Å². The standard InChI is InChI=1S/C46H49N3O7S/c47-40-11-7-8-12-41(40)49-44(52)14-4-2-1-3-13-43(51)48-28-36-9-5-6-10-39(36)32-19-21-35(22-20-32)46-55-37(30-57-38-25-23-34(24-26-38)45(53)54)27-42(56-46)33-17-15-31(29-50)16-18-33/h5-12,15-26,37,42,46,50H,1-4,13-14,27-30,47H2,(H,48,51)(H,49,52)(H,53,54)/t37-,42+,46+/m1/s1. The largest absolute Gasteiger partial charge is 0.478 e. The maximum atomic E-state index is 12.8. The van der Waals surface area contributed by atoms with Gasteiger partial charge < -0.3 is 36.1 Å². The minimum atomic E-state index is -0.955. The first kappa shape index (κ1) is 41.2. The van der Waals surface area contributed by atoms with E-state index in [9.17, 15) is 24.6 Å². The average Bonchev–Trinajstić information content (AvgIpc) is 3.24. The Balaban J connectivity index is 1.01. The average molecular weight is 788 g/mol. The molecular weight excluding hydrogens is 739 g/mol. The number of rotatable bonds is 18. The molecule has 57 heavy (non-hydrogen) atoms. The van der Waals surface area contributed by atoms with Gasteiger partial charge in [0, 0.05) is 42.0 Å². The van der Waals surface area contributed by atoms with E-state index in [0.29, 0.717) is 42.9 Å². The summed E-state index contributed by atoms with van der Waals surface area (Å²) in [5, 5.41) is 24.8. The predicted molar refractivity (Wildman–Crippen MR) is 223 cm³/mol. The Kier molecular flexibility index (Phi) is 14.9. The number of carboxylic acid groups (broad SMARTS) is 1. The van der Waals surface area contributed by atoms with Crippen molar-refractivity contribution in [3.63, 3.8) is 0 Å². The van der Waals surface area contributed by atoms with Crippen molar-refractivity contribution in [1.29, 1.82) is 0 Å². The first-order valence-electron chi connectivity index (χ1n) is 19.3. The van der Waals surface area contributed by atoms with Gasteiger partial charge in [0.15, 0.2) is 6.29 Å². The molecule has 1 heterocycles. The third-order valence-electron chi connectivity index (χ3n) is 9.93. The summed E-state index contributed by atoms with van der Waals surface area (Å²) in [6, 6.07) is 38.0. The maximum Gasteiger partial charge on any atom is 0.335 e. The molecule has 0 saturated carbocycles. The molecule has 0 bridgehead atoms. The topological polar surface area (TPSA) is 160 Å². The Morgan fingerprint density at radius 3 is 2.11 bits per heavy atom. The lowest BCUT2D eigenvalue weighted by Crippen LogP contribution is -2.31.